The molecule has 0 spiro atoms. The molecule has 2 heterocycles. The van der Waals surface area contributed by atoms with Crippen LogP contribution in [0.3, 0.4) is 0 Å². The zero-order valence-corrected chi connectivity index (χ0v) is 25.7. The fourth-order valence-corrected chi connectivity index (χ4v) is 7.52. The number of anilines is 1. The number of aromatic nitrogens is 1. The zero-order valence-electron chi connectivity index (χ0n) is 24.1. The number of sulfonamides is 1. The smallest absolute Gasteiger partial charge is 0.338 e. The molecule has 13 heteroatoms. The monoisotopic (exact) mass is 614 g/mol. The number of thiazole rings is 1. The predicted molar refractivity (Wildman–Crippen MR) is 166 cm³/mol. The number of nitrogens with zero attached hydrogens (tertiary/aromatic N) is 3. The van der Waals surface area contributed by atoms with Gasteiger partial charge in [0.1, 0.15) is 6.04 Å². The summed E-state index contributed by atoms with van der Waals surface area (Å²) in [6.07, 6.45) is 5.60. The Morgan fingerprint density at radius 1 is 1.17 bits per heavy atom. The third kappa shape index (κ3) is 7.64. The first-order valence-electron chi connectivity index (χ1n) is 14.1. The first-order valence-corrected chi connectivity index (χ1v) is 16.5. The van der Waals surface area contributed by atoms with E-state index < -0.39 is 16.1 Å². The predicted octanol–water partition coefficient (Wildman–Crippen LogP) is 1.19. The molecule has 0 radical (unpaired) electrons. The molecule has 4 rings (SSSR count). The van der Waals surface area contributed by atoms with Gasteiger partial charge in [-0.25, -0.2) is 13.4 Å². The number of nitrogens with one attached hydrogen (secondary N) is 2. The van der Waals surface area contributed by atoms with Crippen molar-refractivity contribution in [2.45, 2.75) is 61.9 Å². The van der Waals surface area contributed by atoms with Crippen molar-refractivity contribution in [3.63, 3.8) is 0 Å². The topological polar surface area (TPSA) is 166 Å². The lowest BCUT2D eigenvalue weighted by atomic mass is 9.95. The molecule has 1 aromatic heterocycles. The quantitative estimate of drug-likeness (QED) is 0.0965. The Morgan fingerprint density at radius 2 is 1.93 bits per heavy atom. The molecule has 0 saturated carbocycles. The Hall–Kier alpha value is -3.55. The first-order chi connectivity index (χ1) is 20.1. The number of carbonyl (C=O) groups excluding carboxylic acids is 2. The van der Waals surface area contributed by atoms with Crippen LogP contribution in [-0.4, -0.2) is 75.2 Å². The van der Waals surface area contributed by atoms with Gasteiger partial charge in [0.25, 0.3) is 0 Å². The number of carbonyl (C=O) groups is 2. The Kier molecular flexibility index (Phi) is 10.5. The second-order valence-corrected chi connectivity index (χ2v) is 13.3. The van der Waals surface area contributed by atoms with Crippen molar-refractivity contribution >= 4 is 55.5 Å². The average molecular weight is 615 g/mol. The number of likely N-dealkylation sites (tertiary alicyclic amines) is 1. The Morgan fingerprint density at radius 3 is 2.64 bits per heavy atom. The Bertz CT molecular complexity index is 1520. The van der Waals surface area contributed by atoms with Crippen LogP contribution in [0.25, 0.3) is 10.8 Å². The van der Waals surface area contributed by atoms with Gasteiger partial charge in [-0.1, -0.05) is 24.3 Å². The molecular formula is C29H40N7O4S2+. The summed E-state index contributed by atoms with van der Waals surface area (Å²) < 4.78 is 30.5. The van der Waals surface area contributed by atoms with E-state index >= 15 is 0 Å². The first kappa shape index (κ1) is 31.4. The molecule has 1 saturated heterocycles. The van der Waals surface area contributed by atoms with E-state index in [0.717, 1.165) is 30.3 Å². The number of benzene rings is 2. The van der Waals surface area contributed by atoms with Crippen LogP contribution in [0.5, 0.6) is 0 Å². The van der Waals surface area contributed by atoms with Crippen LogP contribution in [0.1, 0.15) is 54.7 Å². The van der Waals surface area contributed by atoms with E-state index in [0.29, 0.717) is 36.3 Å². The standard InChI is InChI=1S/C29H39N7O4S2/c1-35(2)24-12-5-10-22-21(24)9-6-13-26(22)42(39,40)34-23(11-7-16-33-29(30)31)28(38)36-18-4-3-8-20(36)14-15-25(37)27-32-17-19-41-27/h5-6,9-10,12-13,17,19-20,23,34H,3-4,7-8,11,14-16,18H2,1-2H3,(H4,30,31,33)/p+1/t20-,23+/m1/s1. The highest BCUT2D eigenvalue weighted by atomic mass is 32.2. The molecule has 2 aromatic carbocycles. The number of hydrogen-bond acceptors (Lipinski definition) is 7. The van der Waals surface area contributed by atoms with Crippen molar-refractivity contribution in [2.24, 2.45) is 11.5 Å². The highest BCUT2D eigenvalue weighted by Crippen LogP contribution is 2.31. The van der Waals surface area contributed by atoms with Gasteiger partial charge in [0.05, 0.1) is 11.4 Å². The van der Waals surface area contributed by atoms with Crippen molar-refractivity contribution in [3.8, 4) is 0 Å². The van der Waals surface area contributed by atoms with Gasteiger partial charge in [-0.15, -0.1) is 11.3 Å². The number of Topliss-reactive ketones (excluding diaryl/α,β-unsaturated/α-hetero) is 1. The molecule has 2 atom stereocenters. The minimum Gasteiger partial charge on any atom is -0.377 e. The summed E-state index contributed by atoms with van der Waals surface area (Å²) >= 11 is 1.30. The zero-order chi connectivity index (χ0) is 30.3. The van der Waals surface area contributed by atoms with Gasteiger partial charge >= 0.3 is 5.96 Å². The van der Waals surface area contributed by atoms with E-state index in [1.165, 1.54) is 11.3 Å². The van der Waals surface area contributed by atoms with E-state index in [2.05, 4.69) is 14.7 Å². The largest absolute Gasteiger partial charge is 0.377 e. The lowest BCUT2D eigenvalue weighted by molar-refractivity contribution is -0.459. The molecule has 1 fully saturated rings. The van der Waals surface area contributed by atoms with Crippen LogP contribution >= 0.6 is 11.3 Å². The molecular weight excluding hydrogens is 574 g/mol. The number of fused-ring (bicyclic) bond motifs is 1. The molecule has 6 N–H and O–H groups in total. The molecule has 0 bridgehead atoms. The third-order valence-electron chi connectivity index (χ3n) is 7.51. The summed E-state index contributed by atoms with van der Waals surface area (Å²) in [6.45, 7) is 0.898. The highest BCUT2D eigenvalue weighted by molar-refractivity contribution is 7.89. The van der Waals surface area contributed by atoms with E-state index in [4.69, 9.17) is 11.5 Å². The van der Waals surface area contributed by atoms with Gasteiger partial charge in [0.2, 0.25) is 15.9 Å². The average Bonchev–Trinajstić information content (AvgIpc) is 3.52. The fourth-order valence-electron chi connectivity index (χ4n) is 5.47. The maximum Gasteiger partial charge on any atom is 0.338 e. The summed E-state index contributed by atoms with van der Waals surface area (Å²) in [7, 11) is -0.281. The maximum atomic E-state index is 14.0. The molecule has 0 aliphatic carbocycles. The summed E-state index contributed by atoms with van der Waals surface area (Å²) in [5.74, 6) is -0.272. The molecule has 42 heavy (non-hydrogen) atoms. The molecule has 1 aliphatic rings. The van der Waals surface area contributed by atoms with Gasteiger partial charge in [0, 0.05) is 61.1 Å². The Labute approximate surface area is 251 Å². The van der Waals surface area contributed by atoms with Crippen LogP contribution in [0.4, 0.5) is 5.69 Å². The molecule has 1 aliphatic heterocycles. The van der Waals surface area contributed by atoms with E-state index in [9.17, 15) is 18.0 Å². The summed E-state index contributed by atoms with van der Waals surface area (Å²) in [4.78, 5) is 37.4. The lowest BCUT2D eigenvalue weighted by Crippen LogP contribution is -2.78. The fraction of sp³-hybridized carbons (Fsp3) is 0.448. The van der Waals surface area contributed by atoms with Crippen LogP contribution < -0.4 is 26.1 Å². The van der Waals surface area contributed by atoms with E-state index in [-0.39, 0.29) is 41.4 Å². The van der Waals surface area contributed by atoms with Gasteiger partial charge < -0.3 is 9.80 Å². The van der Waals surface area contributed by atoms with Crippen LogP contribution in [0.15, 0.2) is 52.9 Å². The van der Waals surface area contributed by atoms with Crippen molar-refractivity contribution in [1.82, 2.24) is 14.6 Å². The number of ketones is 1. The number of hydrogen-bond donors (Lipinski definition) is 4. The van der Waals surface area contributed by atoms with Gasteiger partial charge in [-0.3, -0.25) is 26.0 Å². The second-order valence-electron chi connectivity index (χ2n) is 10.7. The molecule has 11 nitrogen and oxygen atoms in total. The third-order valence-corrected chi connectivity index (χ3v) is 9.85. The molecule has 3 aromatic rings. The minimum atomic E-state index is -4.09. The summed E-state index contributed by atoms with van der Waals surface area (Å²) in [6, 6.07) is 9.53. The summed E-state index contributed by atoms with van der Waals surface area (Å²) in [5.41, 5.74) is 11.9. The van der Waals surface area contributed by atoms with Gasteiger partial charge in [0.15, 0.2) is 10.8 Å². The lowest BCUT2D eigenvalue weighted by Gasteiger charge is -2.38. The summed E-state index contributed by atoms with van der Waals surface area (Å²) in [5, 5.41) is 3.60. The highest BCUT2D eigenvalue weighted by Gasteiger charge is 2.34. The SMILES string of the molecule is CN(C)c1cccc2c(S(=O)(=O)N[C@@H](CCC[NH+]=C(N)N)C(=O)N3CCCC[C@@H]3CCC(=O)c3nccs3)cccc12. The van der Waals surface area contributed by atoms with Crippen molar-refractivity contribution in [2.75, 3.05) is 32.1 Å². The van der Waals surface area contributed by atoms with Gasteiger partial charge in [-0.05, 0) is 50.7 Å². The molecule has 226 valence electrons. The number of nitrogens with two attached hydrogens (primary N) is 2. The van der Waals surface area contributed by atoms with Crippen molar-refractivity contribution in [1.29, 1.82) is 0 Å². The van der Waals surface area contributed by atoms with Crippen LogP contribution in [-0.2, 0) is 14.8 Å². The van der Waals surface area contributed by atoms with Crippen molar-refractivity contribution in [3.05, 3.63) is 53.0 Å². The number of piperidine rings is 1. The number of amides is 1. The normalized spacial score (nSPS) is 16.2. The van der Waals surface area contributed by atoms with E-state index in [1.807, 2.05) is 37.2 Å². The molecule has 1 amide bonds. The minimum absolute atomic E-state index is 0.0463. The second kappa shape index (κ2) is 14.1. The van der Waals surface area contributed by atoms with Gasteiger partial charge in [-0.2, -0.15) is 4.72 Å². The van der Waals surface area contributed by atoms with E-state index in [1.54, 1.807) is 34.7 Å². The number of rotatable bonds is 13. The van der Waals surface area contributed by atoms with Crippen LogP contribution in [0.2, 0.25) is 0 Å². The number of guanidine groups is 1. The maximum absolute atomic E-state index is 14.0. The Balaban J connectivity index is 1.59. The molecule has 0 unspecified atom stereocenters. The van der Waals surface area contributed by atoms with Crippen molar-refractivity contribution < 1.29 is 23.0 Å². The van der Waals surface area contributed by atoms with Crippen LogP contribution in [0, 0.1) is 0 Å².